The fraction of sp³-hybridized carbons (Fsp3) is 0.357. The zero-order valence-corrected chi connectivity index (χ0v) is 10.7. The molecule has 0 unspecified atom stereocenters. The standard InChI is InChI=1S/C14H19N3O/c1-2-14-16-8-10-17(14)9-3-11-18-13-6-4-12(15)5-7-13/h4-8,10H,2-3,9,11,15H2,1H3. The quantitative estimate of drug-likeness (QED) is 0.628. The second-order valence-corrected chi connectivity index (χ2v) is 4.16. The summed E-state index contributed by atoms with van der Waals surface area (Å²) in [7, 11) is 0. The average molecular weight is 245 g/mol. The largest absolute Gasteiger partial charge is 0.494 e. The van der Waals surface area contributed by atoms with Gasteiger partial charge in [0.05, 0.1) is 6.61 Å². The first-order valence-corrected chi connectivity index (χ1v) is 6.28. The average Bonchev–Trinajstić information content (AvgIpc) is 2.84. The molecule has 0 aliphatic carbocycles. The highest BCUT2D eigenvalue weighted by Crippen LogP contribution is 2.13. The van der Waals surface area contributed by atoms with Crippen LogP contribution < -0.4 is 10.5 Å². The fourth-order valence-corrected chi connectivity index (χ4v) is 1.85. The third-order valence-electron chi connectivity index (χ3n) is 2.81. The molecule has 0 saturated carbocycles. The van der Waals surface area contributed by atoms with Gasteiger partial charge in [0.1, 0.15) is 11.6 Å². The maximum Gasteiger partial charge on any atom is 0.119 e. The van der Waals surface area contributed by atoms with Crippen LogP contribution in [0.15, 0.2) is 36.7 Å². The van der Waals surface area contributed by atoms with Gasteiger partial charge in [0.2, 0.25) is 0 Å². The van der Waals surface area contributed by atoms with Crippen molar-refractivity contribution in [3.8, 4) is 5.75 Å². The number of rotatable bonds is 6. The monoisotopic (exact) mass is 245 g/mol. The number of anilines is 1. The molecule has 96 valence electrons. The molecule has 0 fully saturated rings. The highest BCUT2D eigenvalue weighted by molar-refractivity contribution is 5.41. The van der Waals surface area contributed by atoms with Crippen LogP contribution in [0.4, 0.5) is 5.69 Å². The minimum atomic E-state index is 0.700. The van der Waals surface area contributed by atoms with E-state index in [0.717, 1.165) is 36.6 Å². The lowest BCUT2D eigenvalue weighted by Crippen LogP contribution is -2.06. The molecule has 4 heteroatoms. The lowest BCUT2D eigenvalue weighted by Gasteiger charge is -2.08. The second-order valence-electron chi connectivity index (χ2n) is 4.16. The normalized spacial score (nSPS) is 10.5. The van der Waals surface area contributed by atoms with E-state index in [-0.39, 0.29) is 0 Å². The van der Waals surface area contributed by atoms with Crippen LogP contribution in [0, 0.1) is 0 Å². The maximum atomic E-state index is 5.64. The van der Waals surface area contributed by atoms with Gasteiger partial charge in [0.15, 0.2) is 0 Å². The predicted octanol–water partition coefficient (Wildman–Crippen LogP) is 2.50. The molecule has 1 aromatic heterocycles. The summed E-state index contributed by atoms with van der Waals surface area (Å²) in [5.74, 6) is 1.99. The number of aryl methyl sites for hydroxylation is 2. The Labute approximate surface area is 107 Å². The summed E-state index contributed by atoms with van der Waals surface area (Å²) in [6.45, 7) is 3.76. The van der Waals surface area contributed by atoms with Crippen molar-refractivity contribution in [3.63, 3.8) is 0 Å². The second kappa shape index (κ2) is 6.10. The number of aromatic nitrogens is 2. The van der Waals surface area contributed by atoms with Gasteiger partial charge in [0, 0.05) is 31.0 Å². The van der Waals surface area contributed by atoms with Gasteiger partial charge in [-0.2, -0.15) is 0 Å². The van der Waals surface area contributed by atoms with Crippen LogP contribution in [-0.4, -0.2) is 16.2 Å². The third kappa shape index (κ3) is 3.26. The Balaban J connectivity index is 1.74. The molecule has 1 heterocycles. The van der Waals surface area contributed by atoms with Gasteiger partial charge in [-0.3, -0.25) is 0 Å². The molecule has 0 atom stereocenters. The molecule has 0 aliphatic rings. The number of benzene rings is 1. The molecule has 0 bridgehead atoms. The Morgan fingerprint density at radius 1 is 1.28 bits per heavy atom. The summed E-state index contributed by atoms with van der Waals surface area (Å²) >= 11 is 0. The summed E-state index contributed by atoms with van der Waals surface area (Å²) in [4.78, 5) is 4.29. The Hall–Kier alpha value is -1.97. The van der Waals surface area contributed by atoms with E-state index in [2.05, 4.69) is 16.5 Å². The Morgan fingerprint density at radius 2 is 2.06 bits per heavy atom. The van der Waals surface area contributed by atoms with Gasteiger partial charge in [-0.05, 0) is 30.7 Å². The van der Waals surface area contributed by atoms with Crippen LogP contribution in [0.3, 0.4) is 0 Å². The lowest BCUT2D eigenvalue weighted by atomic mass is 10.3. The molecule has 2 rings (SSSR count). The van der Waals surface area contributed by atoms with Crippen molar-refractivity contribution < 1.29 is 4.74 Å². The molecule has 2 aromatic rings. The third-order valence-corrected chi connectivity index (χ3v) is 2.81. The highest BCUT2D eigenvalue weighted by atomic mass is 16.5. The van der Waals surface area contributed by atoms with E-state index in [9.17, 15) is 0 Å². The SMILES string of the molecule is CCc1nccn1CCCOc1ccc(N)cc1. The van der Waals surface area contributed by atoms with Gasteiger partial charge in [0.25, 0.3) is 0 Å². The van der Waals surface area contributed by atoms with Gasteiger partial charge in [-0.25, -0.2) is 4.98 Å². The lowest BCUT2D eigenvalue weighted by molar-refractivity contribution is 0.301. The van der Waals surface area contributed by atoms with Crippen molar-refractivity contribution in [2.75, 3.05) is 12.3 Å². The van der Waals surface area contributed by atoms with E-state index in [1.165, 1.54) is 0 Å². The molecule has 0 radical (unpaired) electrons. The summed E-state index contributed by atoms with van der Waals surface area (Å²) in [5.41, 5.74) is 6.37. The minimum Gasteiger partial charge on any atom is -0.494 e. The van der Waals surface area contributed by atoms with Crippen molar-refractivity contribution in [2.24, 2.45) is 0 Å². The number of hydrogen-bond acceptors (Lipinski definition) is 3. The van der Waals surface area contributed by atoms with E-state index in [1.807, 2.05) is 36.7 Å². The molecule has 0 amide bonds. The predicted molar refractivity (Wildman–Crippen MR) is 72.6 cm³/mol. The summed E-state index contributed by atoms with van der Waals surface area (Å²) < 4.78 is 7.82. The molecular weight excluding hydrogens is 226 g/mol. The fourth-order valence-electron chi connectivity index (χ4n) is 1.85. The van der Waals surface area contributed by atoms with E-state index in [1.54, 1.807) is 0 Å². The van der Waals surface area contributed by atoms with Crippen LogP contribution in [0.2, 0.25) is 0 Å². The first-order valence-electron chi connectivity index (χ1n) is 6.28. The smallest absolute Gasteiger partial charge is 0.119 e. The molecule has 4 nitrogen and oxygen atoms in total. The molecule has 0 aliphatic heterocycles. The Kier molecular flexibility index (Phi) is 4.23. The van der Waals surface area contributed by atoms with Crippen LogP contribution >= 0.6 is 0 Å². The topological polar surface area (TPSA) is 53.1 Å². The van der Waals surface area contributed by atoms with Crippen molar-refractivity contribution >= 4 is 5.69 Å². The Morgan fingerprint density at radius 3 is 2.78 bits per heavy atom. The zero-order valence-electron chi connectivity index (χ0n) is 10.7. The van der Waals surface area contributed by atoms with E-state index >= 15 is 0 Å². The van der Waals surface area contributed by atoms with Crippen molar-refractivity contribution in [3.05, 3.63) is 42.5 Å². The number of imidazole rings is 1. The first kappa shape index (κ1) is 12.5. The number of nitrogen functional groups attached to an aromatic ring is 1. The van der Waals surface area contributed by atoms with Crippen molar-refractivity contribution in [1.82, 2.24) is 9.55 Å². The molecule has 0 spiro atoms. The number of nitrogens with two attached hydrogens (primary N) is 1. The summed E-state index contributed by atoms with van der Waals surface area (Å²) in [6.07, 6.45) is 5.79. The van der Waals surface area contributed by atoms with Crippen LogP contribution in [0.1, 0.15) is 19.2 Å². The van der Waals surface area contributed by atoms with Crippen molar-refractivity contribution in [1.29, 1.82) is 0 Å². The number of nitrogens with zero attached hydrogens (tertiary/aromatic N) is 2. The van der Waals surface area contributed by atoms with Gasteiger partial charge >= 0.3 is 0 Å². The zero-order chi connectivity index (χ0) is 12.8. The van der Waals surface area contributed by atoms with Crippen LogP contribution in [0.25, 0.3) is 0 Å². The Bertz CT molecular complexity index is 476. The highest BCUT2D eigenvalue weighted by Gasteiger charge is 1.99. The van der Waals surface area contributed by atoms with E-state index < -0.39 is 0 Å². The maximum absolute atomic E-state index is 5.64. The van der Waals surface area contributed by atoms with E-state index in [4.69, 9.17) is 10.5 Å². The molecular formula is C14H19N3O. The van der Waals surface area contributed by atoms with Crippen LogP contribution in [-0.2, 0) is 13.0 Å². The van der Waals surface area contributed by atoms with E-state index in [0.29, 0.717) is 6.61 Å². The molecule has 1 aromatic carbocycles. The molecule has 18 heavy (non-hydrogen) atoms. The minimum absolute atomic E-state index is 0.700. The van der Waals surface area contributed by atoms with Gasteiger partial charge in [-0.15, -0.1) is 0 Å². The molecule has 2 N–H and O–H groups in total. The van der Waals surface area contributed by atoms with Crippen molar-refractivity contribution in [2.45, 2.75) is 26.3 Å². The van der Waals surface area contributed by atoms with Gasteiger partial charge < -0.3 is 15.0 Å². The summed E-state index contributed by atoms with van der Waals surface area (Å²) in [5, 5.41) is 0. The summed E-state index contributed by atoms with van der Waals surface area (Å²) in [6, 6.07) is 7.48. The molecule has 0 saturated heterocycles. The van der Waals surface area contributed by atoms with Gasteiger partial charge in [-0.1, -0.05) is 6.92 Å². The number of ether oxygens (including phenoxy) is 1. The first-order chi connectivity index (χ1) is 8.79. The van der Waals surface area contributed by atoms with Crippen LogP contribution in [0.5, 0.6) is 5.75 Å². The number of hydrogen-bond donors (Lipinski definition) is 1.